The first-order valence-corrected chi connectivity index (χ1v) is 6.04. The van der Waals surface area contributed by atoms with Crippen molar-refractivity contribution >= 4 is 11.6 Å². The SMILES string of the molecule is COC(C(O)Cc1ccccc1Cl)C1CC1. The number of aliphatic hydroxyl groups excluding tert-OH is 1. The molecule has 16 heavy (non-hydrogen) atoms. The molecule has 2 rings (SSSR count). The lowest BCUT2D eigenvalue weighted by Gasteiger charge is -2.21. The minimum atomic E-state index is -0.461. The maximum Gasteiger partial charge on any atom is 0.0861 e. The summed E-state index contributed by atoms with van der Waals surface area (Å²) in [5.74, 6) is 0.530. The number of hydrogen-bond donors (Lipinski definition) is 1. The highest BCUT2D eigenvalue weighted by molar-refractivity contribution is 6.31. The van der Waals surface area contributed by atoms with Gasteiger partial charge in [0.15, 0.2) is 0 Å². The number of benzene rings is 1. The number of ether oxygens (including phenoxy) is 1. The van der Waals surface area contributed by atoms with E-state index in [1.807, 2.05) is 24.3 Å². The van der Waals surface area contributed by atoms with Crippen molar-refractivity contribution < 1.29 is 9.84 Å². The molecule has 1 saturated carbocycles. The molecule has 1 N–H and O–H groups in total. The van der Waals surface area contributed by atoms with Crippen molar-refractivity contribution in [1.82, 2.24) is 0 Å². The van der Waals surface area contributed by atoms with Gasteiger partial charge in [-0.25, -0.2) is 0 Å². The second-order valence-corrected chi connectivity index (χ2v) is 4.81. The largest absolute Gasteiger partial charge is 0.390 e. The lowest BCUT2D eigenvalue weighted by atomic mass is 10.0. The van der Waals surface area contributed by atoms with E-state index in [0.29, 0.717) is 17.4 Å². The molecule has 1 aromatic rings. The van der Waals surface area contributed by atoms with Crippen LogP contribution in [0.15, 0.2) is 24.3 Å². The smallest absolute Gasteiger partial charge is 0.0861 e. The zero-order chi connectivity index (χ0) is 11.5. The summed E-state index contributed by atoms with van der Waals surface area (Å²) < 4.78 is 5.36. The van der Waals surface area contributed by atoms with Crippen molar-refractivity contribution in [3.63, 3.8) is 0 Å². The van der Waals surface area contributed by atoms with Crippen LogP contribution in [0.4, 0.5) is 0 Å². The Bertz CT molecular complexity index is 350. The summed E-state index contributed by atoms with van der Waals surface area (Å²) in [6.45, 7) is 0. The molecule has 3 heteroatoms. The summed E-state index contributed by atoms with van der Waals surface area (Å²) in [5.41, 5.74) is 0.986. The normalized spacial score (nSPS) is 19.4. The minimum absolute atomic E-state index is 0.0451. The van der Waals surface area contributed by atoms with E-state index in [1.165, 1.54) is 0 Å². The molecule has 1 aromatic carbocycles. The van der Waals surface area contributed by atoms with Crippen LogP contribution in [0, 0.1) is 5.92 Å². The Balaban J connectivity index is 2.00. The molecule has 88 valence electrons. The van der Waals surface area contributed by atoms with Crippen molar-refractivity contribution in [3.05, 3.63) is 34.9 Å². The van der Waals surface area contributed by atoms with Gasteiger partial charge in [-0.2, -0.15) is 0 Å². The van der Waals surface area contributed by atoms with Gasteiger partial charge in [0, 0.05) is 18.6 Å². The topological polar surface area (TPSA) is 29.5 Å². The van der Waals surface area contributed by atoms with E-state index in [4.69, 9.17) is 16.3 Å². The molecule has 0 bridgehead atoms. The summed E-state index contributed by atoms with van der Waals surface area (Å²) in [5, 5.41) is 10.8. The van der Waals surface area contributed by atoms with E-state index in [-0.39, 0.29) is 6.10 Å². The van der Waals surface area contributed by atoms with Gasteiger partial charge in [0.25, 0.3) is 0 Å². The third-order valence-electron chi connectivity index (χ3n) is 3.12. The van der Waals surface area contributed by atoms with Gasteiger partial charge < -0.3 is 9.84 Å². The Hall–Kier alpha value is -0.570. The van der Waals surface area contributed by atoms with E-state index in [1.54, 1.807) is 7.11 Å². The molecule has 1 aliphatic rings. The average molecular weight is 241 g/mol. The molecular weight excluding hydrogens is 224 g/mol. The van der Waals surface area contributed by atoms with E-state index in [2.05, 4.69) is 0 Å². The summed E-state index contributed by atoms with van der Waals surface area (Å²) in [6, 6.07) is 7.63. The fourth-order valence-electron chi connectivity index (χ4n) is 2.09. The highest BCUT2D eigenvalue weighted by Gasteiger charge is 2.36. The average Bonchev–Trinajstić information content (AvgIpc) is 3.07. The third-order valence-corrected chi connectivity index (χ3v) is 3.49. The maximum absolute atomic E-state index is 10.1. The Morgan fingerprint density at radius 3 is 2.69 bits per heavy atom. The second kappa shape index (κ2) is 5.17. The molecule has 2 nitrogen and oxygen atoms in total. The van der Waals surface area contributed by atoms with Gasteiger partial charge >= 0.3 is 0 Å². The van der Waals surface area contributed by atoms with Crippen molar-refractivity contribution in [2.24, 2.45) is 5.92 Å². The van der Waals surface area contributed by atoms with Crippen LogP contribution in [0.25, 0.3) is 0 Å². The lowest BCUT2D eigenvalue weighted by molar-refractivity contribution is -0.0237. The van der Waals surface area contributed by atoms with E-state index < -0.39 is 6.10 Å². The van der Waals surface area contributed by atoms with E-state index >= 15 is 0 Å². The minimum Gasteiger partial charge on any atom is -0.390 e. The van der Waals surface area contributed by atoms with Crippen molar-refractivity contribution in [2.45, 2.75) is 31.5 Å². The highest BCUT2D eigenvalue weighted by Crippen LogP contribution is 2.36. The zero-order valence-electron chi connectivity index (χ0n) is 9.40. The molecule has 1 fully saturated rings. The van der Waals surface area contributed by atoms with Crippen LogP contribution < -0.4 is 0 Å². The first-order chi connectivity index (χ1) is 7.72. The molecule has 0 radical (unpaired) electrons. The quantitative estimate of drug-likeness (QED) is 0.858. The fraction of sp³-hybridized carbons (Fsp3) is 0.538. The summed E-state index contributed by atoms with van der Waals surface area (Å²) in [6.07, 6.45) is 2.39. The number of rotatable bonds is 5. The predicted molar refractivity (Wildman–Crippen MR) is 64.7 cm³/mol. The van der Waals surface area contributed by atoms with Crippen LogP contribution in [0.1, 0.15) is 18.4 Å². The lowest BCUT2D eigenvalue weighted by Crippen LogP contribution is -2.31. The Kier molecular flexibility index (Phi) is 3.85. The van der Waals surface area contributed by atoms with E-state index in [9.17, 15) is 5.11 Å². The Morgan fingerprint density at radius 1 is 1.44 bits per heavy atom. The number of methoxy groups -OCH3 is 1. The van der Waals surface area contributed by atoms with Gasteiger partial charge in [0.2, 0.25) is 0 Å². The van der Waals surface area contributed by atoms with Crippen LogP contribution in [-0.4, -0.2) is 24.4 Å². The van der Waals surface area contributed by atoms with Crippen LogP contribution in [0.2, 0.25) is 5.02 Å². The molecule has 2 unspecified atom stereocenters. The van der Waals surface area contributed by atoms with Crippen molar-refractivity contribution in [2.75, 3.05) is 7.11 Å². The summed E-state index contributed by atoms with van der Waals surface area (Å²) in [7, 11) is 1.67. The van der Waals surface area contributed by atoms with Gasteiger partial charge in [0.1, 0.15) is 0 Å². The zero-order valence-corrected chi connectivity index (χ0v) is 10.2. The van der Waals surface area contributed by atoms with Crippen LogP contribution in [-0.2, 0) is 11.2 Å². The van der Waals surface area contributed by atoms with Crippen LogP contribution in [0.3, 0.4) is 0 Å². The summed E-state index contributed by atoms with van der Waals surface area (Å²) in [4.78, 5) is 0. The van der Waals surface area contributed by atoms with Gasteiger partial charge in [-0.15, -0.1) is 0 Å². The molecule has 0 amide bonds. The standard InChI is InChI=1S/C13H17ClO2/c1-16-13(9-6-7-9)12(15)8-10-4-2-3-5-11(10)14/h2-5,9,12-13,15H,6-8H2,1H3. The maximum atomic E-state index is 10.1. The molecule has 0 aromatic heterocycles. The number of halogens is 1. The molecule has 2 atom stereocenters. The summed E-state index contributed by atoms with van der Waals surface area (Å²) >= 11 is 6.06. The molecule has 0 aliphatic heterocycles. The van der Waals surface area contributed by atoms with Gasteiger partial charge in [-0.3, -0.25) is 0 Å². The van der Waals surface area contributed by atoms with Gasteiger partial charge in [-0.1, -0.05) is 29.8 Å². The van der Waals surface area contributed by atoms with Crippen LogP contribution >= 0.6 is 11.6 Å². The van der Waals surface area contributed by atoms with Gasteiger partial charge in [0.05, 0.1) is 12.2 Å². The molecule has 0 heterocycles. The highest BCUT2D eigenvalue weighted by atomic mass is 35.5. The van der Waals surface area contributed by atoms with Crippen molar-refractivity contribution in [3.8, 4) is 0 Å². The fourth-order valence-corrected chi connectivity index (χ4v) is 2.31. The second-order valence-electron chi connectivity index (χ2n) is 4.40. The molecular formula is C13H17ClO2. The first kappa shape index (κ1) is 11.9. The Morgan fingerprint density at radius 2 is 2.12 bits per heavy atom. The van der Waals surface area contributed by atoms with E-state index in [0.717, 1.165) is 18.4 Å². The molecule has 0 spiro atoms. The first-order valence-electron chi connectivity index (χ1n) is 5.66. The number of hydrogen-bond acceptors (Lipinski definition) is 2. The van der Waals surface area contributed by atoms with Crippen LogP contribution in [0.5, 0.6) is 0 Å². The van der Waals surface area contributed by atoms with Crippen molar-refractivity contribution in [1.29, 1.82) is 0 Å². The predicted octanol–water partition coefficient (Wildman–Crippen LogP) is 2.67. The molecule has 0 saturated heterocycles. The van der Waals surface area contributed by atoms with Gasteiger partial charge in [-0.05, 0) is 30.4 Å². The Labute approximate surface area is 101 Å². The number of aliphatic hydroxyl groups is 1. The molecule has 1 aliphatic carbocycles. The monoisotopic (exact) mass is 240 g/mol. The third kappa shape index (κ3) is 2.76.